The fourth-order valence-corrected chi connectivity index (χ4v) is 7.52. The van der Waals surface area contributed by atoms with Crippen LogP contribution >= 0.6 is 11.6 Å². The number of ether oxygens (including phenoxy) is 1. The summed E-state index contributed by atoms with van der Waals surface area (Å²) in [5.41, 5.74) is 8.17. The molecular weight excluding hydrogens is 610 g/mol. The molecule has 1 saturated carbocycles. The third-order valence-corrected chi connectivity index (χ3v) is 9.96. The van der Waals surface area contributed by atoms with Gasteiger partial charge in [0.15, 0.2) is 0 Å². The van der Waals surface area contributed by atoms with Crippen molar-refractivity contribution in [1.82, 2.24) is 20.1 Å². The van der Waals surface area contributed by atoms with E-state index >= 15 is 8.78 Å². The maximum absolute atomic E-state index is 15.8. The van der Waals surface area contributed by atoms with Crippen molar-refractivity contribution in [3.63, 3.8) is 0 Å². The number of rotatable bonds is 10. The summed E-state index contributed by atoms with van der Waals surface area (Å²) < 4.78 is 66.4. The van der Waals surface area contributed by atoms with Crippen LogP contribution < -0.4 is 15.8 Å². The number of fused-ring (bicyclic) bond motifs is 1. The van der Waals surface area contributed by atoms with Crippen LogP contribution in [0.15, 0.2) is 41.4 Å². The fourth-order valence-electron chi connectivity index (χ4n) is 5.88. The summed E-state index contributed by atoms with van der Waals surface area (Å²) >= 11 is 6.10. The number of pyridine rings is 1. The smallest absolute Gasteiger partial charge is 0.263 e. The molecule has 4 aromatic rings. The van der Waals surface area contributed by atoms with E-state index in [1.165, 1.54) is 12.1 Å². The molecule has 5 rings (SSSR count). The number of aryl methyl sites for hydroxylation is 1. The van der Waals surface area contributed by atoms with Gasteiger partial charge in [0.25, 0.3) is 10.0 Å². The average Bonchev–Trinajstić information content (AvgIpc) is 3.38. The van der Waals surface area contributed by atoms with Crippen molar-refractivity contribution in [2.45, 2.75) is 69.4 Å². The van der Waals surface area contributed by atoms with Gasteiger partial charge >= 0.3 is 0 Å². The molecule has 1 fully saturated rings. The predicted molar refractivity (Wildman–Crippen MR) is 170 cm³/mol. The van der Waals surface area contributed by atoms with E-state index in [9.17, 15) is 8.42 Å². The summed E-state index contributed by atoms with van der Waals surface area (Å²) in [7, 11) is -2.63. The first-order valence-corrected chi connectivity index (χ1v) is 16.4. The lowest BCUT2D eigenvalue weighted by Crippen LogP contribution is -2.34. The first-order valence-electron chi connectivity index (χ1n) is 14.6. The van der Waals surface area contributed by atoms with Crippen LogP contribution in [0.3, 0.4) is 0 Å². The molecule has 0 amide bonds. The maximum atomic E-state index is 15.8. The molecule has 2 aromatic carbocycles. The number of aromatic nitrogens is 3. The molecule has 2 aromatic heterocycles. The van der Waals surface area contributed by atoms with Crippen LogP contribution in [0.5, 0.6) is 0 Å². The zero-order valence-corrected chi connectivity index (χ0v) is 26.7. The van der Waals surface area contributed by atoms with Crippen molar-refractivity contribution >= 4 is 44.0 Å². The van der Waals surface area contributed by atoms with Crippen molar-refractivity contribution in [2.24, 2.45) is 0 Å². The van der Waals surface area contributed by atoms with Crippen LogP contribution in [0.4, 0.5) is 20.3 Å². The third-order valence-electron chi connectivity index (χ3n) is 8.11. The lowest BCUT2D eigenvalue weighted by atomic mass is 9.81. The number of halogens is 3. The molecule has 0 unspecified atom stereocenters. The molecule has 1 aliphatic rings. The van der Waals surface area contributed by atoms with Crippen molar-refractivity contribution in [3.05, 3.63) is 64.3 Å². The quantitative estimate of drug-likeness (QED) is 0.167. The van der Waals surface area contributed by atoms with E-state index in [4.69, 9.17) is 27.2 Å². The monoisotopic (exact) mass is 646 g/mol. The standard InChI is InChI=1S/C31H37ClF2N6O3S/c1-17(2)40-30-22(19-6-8-20(9-7-19)36-11-12-43-4)16-37-31(35)28(30)29(38-40)21-14-25(34)26(15-24(21)33)39-44(41,42)27-13-18(3)5-10-23(27)32/h5,10,13-17,19-20,36,39H,6-9,11-12H2,1-4H3,(H2,35,37)/t19-,20-. The zero-order chi connectivity index (χ0) is 31.8. The SMILES string of the molecule is COCCN[C@H]1CC[C@H](c2cnc(N)c3c(-c4cc(F)c(NS(=O)(=O)c5cc(C)ccc5Cl)cc4F)nn(C(C)C)c32)CC1. The summed E-state index contributed by atoms with van der Waals surface area (Å²) in [6.07, 6.45) is 5.58. The van der Waals surface area contributed by atoms with Crippen molar-refractivity contribution in [1.29, 1.82) is 0 Å². The fraction of sp³-hybridized carbons (Fsp3) is 0.419. The van der Waals surface area contributed by atoms with Gasteiger partial charge in [-0.15, -0.1) is 0 Å². The minimum Gasteiger partial charge on any atom is -0.383 e. The molecule has 9 nitrogen and oxygen atoms in total. The Balaban J connectivity index is 1.52. The summed E-state index contributed by atoms with van der Waals surface area (Å²) in [6, 6.07) is 6.46. The zero-order valence-electron chi connectivity index (χ0n) is 25.1. The van der Waals surface area contributed by atoms with Crippen LogP contribution in [-0.2, 0) is 14.8 Å². The Kier molecular flexibility index (Phi) is 9.45. The van der Waals surface area contributed by atoms with Crippen molar-refractivity contribution in [2.75, 3.05) is 30.7 Å². The summed E-state index contributed by atoms with van der Waals surface area (Å²) in [6.45, 7) is 7.06. The number of sulfonamides is 1. The van der Waals surface area contributed by atoms with E-state index in [1.807, 2.05) is 13.8 Å². The van der Waals surface area contributed by atoms with Gasteiger partial charge < -0.3 is 15.8 Å². The highest BCUT2D eigenvalue weighted by Gasteiger charge is 2.29. The topological polar surface area (TPSA) is 124 Å². The molecule has 1 aliphatic carbocycles. The molecule has 0 bridgehead atoms. The van der Waals surface area contributed by atoms with E-state index in [2.05, 4.69) is 15.0 Å². The molecule has 236 valence electrons. The molecule has 0 atom stereocenters. The number of anilines is 2. The van der Waals surface area contributed by atoms with Gasteiger partial charge in [0.05, 0.1) is 28.2 Å². The molecule has 44 heavy (non-hydrogen) atoms. The van der Waals surface area contributed by atoms with Gasteiger partial charge in [0.2, 0.25) is 0 Å². The summed E-state index contributed by atoms with van der Waals surface area (Å²) in [5, 5.41) is 8.66. The van der Waals surface area contributed by atoms with Crippen molar-refractivity contribution < 1.29 is 21.9 Å². The first-order chi connectivity index (χ1) is 20.9. The summed E-state index contributed by atoms with van der Waals surface area (Å²) in [5.74, 6) is -1.51. The Morgan fingerprint density at radius 1 is 1.14 bits per heavy atom. The van der Waals surface area contributed by atoms with Crippen LogP contribution in [0.2, 0.25) is 5.02 Å². The third kappa shape index (κ3) is 6.39. The Bertz CT molecular complexity index is 1790. The maximum Gasteiger partial charge on any atom is 0.263 e. The molecule has 0 aliphatic heterocycles. The van der Waals surface area contributed by atoms with Crippen LogP contribution in [-0.4, -0.2) is 49.5 Å². The van der Waals surface area contributed by atoms with Gasteiger partial charge in [0.1, 0.15) is 28.0 Å². The van der Waals surface area contributed by atoms with Crippen LogP contribution in [0.25, 0.3) is 22.2 Å². The number of nitrogen functional groups attached to an aromatic ring is 1. The van der Waals surface area contributed by atoms with Gasteiger partial charge in [0, 0.05) is 43.6 Å². The molecule has 0 radical (unpaired) electrons. The lowest BCUT2D eigenvalue weighted by molar-refractivity contribution is 0.191. The number of nitrogens with zero attached hydrogens (tertiary/aromatic N) is 3. The van der Waals surface area contributed by atoms with E-state index in [0.717, 1.165) is 55.4 Å². The molecule has 2 heterocycles. The molecular formula is C31H37ClF2N6O3S. The van der Waals surface area contributed by atoms with E-state index in [1.54, 1.807) is 31.0 Å². The largest absolute Gasteiger partial charge is 0.383 e. The minimum absolute atomic E-state index is 0.0408. The first kappa shape index (κ1) is 32.1. The molecule has 13 heteroatoms. The number of methoxy groups -OCH3 is 1. The van der Waals surface area contributed by atoms with Gasteiger partial charge in [-0.05, 0) is 81.7 Å². The van der Waals surface area contributed by atoms with Gasteiger partial charge in [-0.25, -0.2) is 22.2 Å². The van der Waals surface area contributed by atoms with Gasteiger partial charge in [-0.2, -0.15) is 5.10 Å². The minimum atomic E-state index is -4.31. The van der Waals surface area contributed by atoms with Gasteiger partial charge in [-0.3, -0.25) is 9.40 Å². The Morgan fingerprint density at radius 2 is 1.86 bits per heavy atom. The number of nitrogens with one attached hydrogen (secondary N) is 2. The normalized spacial score (nSPS) is 17.5. The average molecular weight is 647 g/mol. The Hall–Kier alpha value is -3.32. The molecule has 0 spiro atoms. The number of nitrogens with two attached hydrogens (primary N) is 1. The highest BCUT2D eigenvalue weighted by Crippen LogP contribution is 2.42. The van der Waals surface area contributed by atoms with E-state index < -0.39 is 27.3 Å². The molecule has 4 N–H and O–H groups in total. The number of hydrogen-bond donors (Lipinski definition) is 3. The number of hydrogen-bond acceptors (Lipinski definition) is 7. The summed E-state index contributed by atoms with van der Waals surface area (Å²) in [4.78, 5) is 4.22. The van der Waals surface area contributed by atoms with Crippen LogP contribution in [0.1, 0.15) is 62.6 Å². The highest BCUT2D eigenvalue weighted by molar-refractivity contribution is 7.92. The second-order valence-corrected chi connectivity index (χ2v) is 13.6. The lowest BCUT2D eigenvalue weighted by Gasteiger charge is -2.30. The Labute approximate surface area is 261 Å². The van der Waals surface area contributed by atoms with Crippen molar-refractivity contribution in [3.8, 4) is 11.3 Å². The second kappa shape index (κ2) is 13.0. The Morgan fingerprint density at radius 3 is 2.55 bits per heavy atom. The van der Waals surface area contributed by atoms with E-state index in [-0.39, 0.29) is 39.0 Å². The number of benzene rings is 2. The predicted octanol–water partition coefficient (Wildman–Crippen LogP) is 6.56. The van der Waals surface area contributed by atoms with E-state index in [0.29, 0.717) is 23.6 Å². The molecule has 0 saturated heterocycles. The highest BCUT2D eigenvalue weighted by atomic mass is 35.5. The van der Waals surface area contributed by atoms with Gasteiger partial charge in [-0.1, -0.05) is 17.7 Å². The second-order valence-electron chi connectivity index (χ2n) is 11.6. The van der Waals surface area contributed by atoms with Crippen LogP contribution in [0, 0.1) is 18.6 Å².